The number of carbonyl (C=O) groups is 1. The first kappa shape index (κ1) is 21.5. The van der Waals surface area contributed by atoms with Gasteiger partial charge in [-0.25, -0.2) is 13.2 Å². The second kappa shape index (κ2) is 9.40. The van der Waals surface area contributed by atoms with E-state index in [9.17, 15) is 26.7 Å². The lowest BCUT2D eigenvalue weighted by Gasteiger charge is -2.18. The van der Waals surface area contributed by atoms with Crippen LogP contribution in [0.25, 0.3) is 0 Å². The first-order chi connectivity index (χ1) is 13.2. The van der Waals surface area contributed by atoms with Crippen molar-refractivity contribution in [2.24, 2.45) is 0 Å². The number of rotatable bonds is 8. The number of hydrogen-bond donors (Lipinski definition) is 1. The maximum atomic E-state index is 13.9. The van der Waals surface area contributed by atoms with E-state index in [1.54, 1.807) is 32.0 Å². The van der Waals surface area contributed by atoms with Gasteiger partial charge in [0.15, 0.2) is 5.75 Å². The normalized spacial score (nSPS) is 10.7. The van der Waals surface area contributed by atoms with Crippen LogP contribution in [0, 0.1) is 29.1 Å². The first-order valence-electron chi connectivity index (χ1n) is 8.03. The second-order valence-electron chi connectivity index (χ2n) is 5.70. The monoisotopic (exact) mass is 403 g/mol. The van der Waals surface area contributed by atoms with Crippen molar-refractivity contribution in [3.8, 4) is 11.5 Å². The van der Waals surface area contributed by atoms with Crippen LogP contribution in [0.2, 0.25) is 0 Å². The molecule has 0 aromatic heterocycles. The molecule has 0 heterocycles. The molecule has 5 nitrogen and oxygen atoms in total. The molecule has 1 N–H and O–H groups in total. The number of nitrogens with one attached hydrogen (secondary N) is 1. The van der Waals surface area contributed by atoms with Crippen molar-refractivity contribution in [2.45, 2.75) is 20.0 Å². The Morgan fingerprint density at radius 1 is 0.929 bits per heavy atom. The summed E-state index contributed by atoms with van der Waals surface area (Å²) in [5.74, 6) is -13.2. The molecule has 2 aromatic rings. The summed E-state index contributed by atoms with van der Waals surface area (Å²) in [7, 11) is -1.77. The van der Waals surface area contributed by atoms with Crippen LogP contribution in [0.5, 0.6) is 11.5 Å². The highest BCUT2D eigenvalue weighted by atomic mass is 19.2. The Kier molecular flexibility index (Phi) is 7.21. The maximum Gasteiger partial charge on any atom is 0.699 e. The minimum atomic E-state index is -2.32. The molecule has 150 valence electrons. The zero-order valence-corrected chi connectivity index (χ0v) is 14.8. The molecule has 11 heteroatoms. The molecule has 2 aromatic carbocycles. The lowest BCUT2D eigenvalue weighted by molar-refractivity contribution is -0.145. The highest BCUT2D eigenvalue weighted by Gasteiger charge is 2.33. The molecular weight excluding hydrogens is 388 g/mol. The molecule has 0 saturated carbocycles. The minimum absolute atomic E-state index is 0.140. The van der Waals surface area contributed by atoms with Crippen LogP contribution in [0.1, 0.15) is 13.8 Å². The largest absolute Gasteiger partial charge is 0.699 e. The molecule has 0 fully saturated rings. The maximum absolute atomic E-state index is 13.9. The molecule has 0 bridgehead atoms. The summed E-state index contributed by atoms with van der Waals surface area (Å²) in [6, 6.07) is 7.68. The summed E-state index contributed by atoms with van der Waals surface area (Å²) in [5.41, 5.74) is 0. The number of ether oxygens (including phenoxy) is 1. The van der Waals surface area contributed by atoms with Crippen LogP contribution in [-0.4, -0.2) is 25.9 Å². The summed E-state index contributed by atoms with van der Waals surface area (Å²) in [4.78, 5) is 11.6. The highest BCUT2D eigenvalue weighted by Crippen LogP contribution is 2.29. The van der Waals surface area contributed by atoms with Gasteiger partial charge in [-0.15, -0.1) is 0 Å². The zero-order chi connectivity index (χ0) is 20.8. The number of carbonyl (C=O) groups excluding carboxylic acids is 1. The molecule has 0 radical (unpaired) electrons. The van der Waals surface area contributed by atoms with E-state index in [1.807, 2.05) is 0 Å². The van der Waals surface area contributed by atoms with Crippen molar-refractivity contribution in [1.29, 1.82) is 0 Å². The molecule has 0 spiro atoms. The predicted octanol–water partition coefficient (Wildman–Crippen LogP) is 3.37. The van der Waals surface area contributed by atoms with E-state index in [2.05, 4.69) is 5.23 Å². The standard InChI is InChI=1S/C17H15BF5NO4/c1-9(2)26-11(25)8-24-18(27-10-6-4-3-5-7-10)28-17-15(22)13(20)12(19)14(21)16(17)23/h3-7,9,24H,8H2,1-2H3. The summed E-state index contributed by atoms with van der Waals surface area (Å²) < 4.78 is 82.6. The third-order valence-electron chi connectivity index (χ3n) is 3.16. The van der Waals surface area contributed by atoms with E-state index < -0.39 is 60.7 Å². The third kappa shape index (κ3) is 5.35. The molecule has 0 saturated heterocycles. The number of benzene rings is 2. The summed E-state index contributed by atoms with van der Waals surface area (Å²) in [6.07, 6.45) is -0.432. The van der Waals surface area contributed by atoms with Crippen molar-refractivity contribution in [3.05, 3.63) is 59.4 Å². The van der Waals surface area contributed by atoms with Gasteiger partial charge in [0.25, 0.3) is 0 Å². The van der Waals surface area contributed by atoms with E-state index >= 15 is 0 Å². The van der Waals surface area contributed by atoms with Crippen molar-refractivity contribution in [3.63, 3.8) is 0 Å². The number of halogens is 5. The molecular formula is C17H15BF5NO4. The molecule has 0 aliphatic rings. The Morgan fingerprint density at radius 2 is 1.46 bits per heavy atom. The molecule has 28 heavy (non-hydrogen) atoms. The van der Waals surface area contributed by atoms with Crippen molar-refractivity contribution in [1.82, 2.24) is 5.23 Å². The first-order valence-corrected chi connectivity index (χ1v) is 8.03. The Bertz CT molecular complexity index is 809. The molecule has 0 aliphatic heterocycles. The summed E-state index contributed by atoms with van der Waals surface area (Å²) in [5, 5.41) is 2.34. The molecule has 0 unspecified atom stereocenters. The van der Waals surface area contributed by atoms with Crippen LogP contribution < -0.4 is 14.5 Å². The fourth-order valence-corrected chi connectivity index (χ4v) is 2.00. The number of para-hydroxylation sites is 1. The lowest BCUT2D eigenvalue weighted by atomic mass is 10.1. The smallest absolute Gasteiger partial charge is 0.512 e. The summed E-state index contributed by atoms with van der Waals surface area (Å²) >= 11 is 0. The van der Waals surface area contributed by atoms with Gasteiger partial charge in [-0.2, -0.15) is 8.78 Å². The Morgan fingerprint density at radius 3 is 2.00 bits per heavy atom. The predicted molar refractivity (Wildman–Crippen MR) is 88.9 cm³/mol. The van der Waals surface area contributed by atoms with E-state index in [4.69, 9.17) is 14.0 Å². The lowest BCUT2D eigenvalue weighted by Crippen LogP contribution is -2.48. The average Bonchev–Trinajstić information content (AvgIpc) is 2.66. The second-order valence-corrected chi connectivity index (χ2v) is 5.70. The van der Waals surface area contributed by atoms with Crippen LogP contribution in [-0.2, 0) is 9.53 Å². The quantitative estimate of drug-likeness (QED) is 0.241. The van der Waals surface area contributed by atoms with Gasteiger partial charge >= 0.3 is 13.2 Å². The van der Waals surface area contributed by atoms with Gasteiger partial charge in [-0.1, -0.05) is 18.2 Å². The number of hydrogen-bond acceptors (Lipinski definition) is 5. The molecule has 2 rings (SSSR count). The molecule has 0 aliphatic carbocycles. The molecule has 0 amide bonds. The fourth-order valence-electron chi connectivity index (χ4n) is 2.00. The average molecular weight is 403 g/mol. The van der Waals surface area contributed by atoms with Gasteiger partial charge in [0.05, 0.1) is 12.6 Å². The van der Waals surface area contributed by atoms with Gasteiger partial charge in [-0.05, 0) is 26.0 Å². The van der Waals surface area contributed by atoms with Gasteiger partial charge < -0.3 is 14.0 Å². The van der Waals surface area contributed by atoms with Crippen molar-refractivity contribution in [2.75, 3.05) is 6.54 Å². The van der Waals surface area contributed by atoms with E-state index in [1.165, 1.54) is 12.1 Å². The van der Waals surface area contributed by atoms with Gasteiger partial charge in [0.1, 0.15) is 5.75 Å². The van der Waals surface area contributed by atoms with Crippen molar-refractivity contribution >= 4 is 13.2 Å². The van der Waals surface area contributed by atoms with Crippen molar-refractivity contribution < 1.29 is 40.8 Å². The van der Waals surface area contributed by atoms with Crippen LogP contribution in [0.15, 0.2) is 30.3 Å². The Balaban J connectivity index is 2.25. The fraction of sp³-hybridized carbons (Fsp3) is 0.235. The molecule has 0 atom stereocenters. The highest BCUT2D eigenvalue weighted by molar-refractivity contribution is 6.43. The Hall–Kier alpha value is -2.82. The van der Waals surface area contributed by atoms with Crippen LogP contribution >= 0.6 is 0 Å². The van der Waals surface area contributed by atoms with E-state index in [0.717, 1.165) is 0 Å². The van der Waals surface area contributed by atoms with Gasteiger partial charge in [0.2, 0.25) is 29.1 Å². The van der Waals surface area contributed by atoms with Gasteiger partial charge in [0, 0.05) is 0 Å². The summed E-state index contributed by atoms with van der Waals surface area (Å²) in [6.45, 7) is 2.67. The third-order valence-corrected chi connectivity index (χ3v) is 3.16. The SMILES string of the molecule is CC(C)OC(=O)CNB(Oc1ccccc1)Oc1c(F)c(F)c(F)c(F)c1F. The van der Waals surface area contributed by atoms with Gasteiger partial charge in [-0.3, -0.25) is 10.0 Å². The minimum Gasteiger partial charge on any atom is -0.512 e. The Labute approximate surface area is 157 Å². The number of esters is 1. The van der Waals surface area contributed by atoms with E-state index in [0.29, 0.717) is 0 Å². The topological polar surface area (TPSA) is 56.8 Å². The zero-order valence-electron chi connectivity index (χ0n) is 14.8. The van der Waals surface area contributed by atoms with Crippen LogP contribution in [0.3, 0.4) is 0 Å². The van der Waals surface area contributed by atoms with E-state index in [-0.39, 0.29) is 5.75 Å². The van der Waals surface area contributed by atoms with Crippen LogP contribution in [0.4, 0.5) is 22.0 Å².